The summed E-state index contributed by atoms with van der Waals surface area (Å²) in [4.78, 5) is 14.4. The lowest BCUT2D eigenvalue weighted by Crippen LogP contribution is -2.23. The summed E-state index contributed by atoms with van der Waals surface area (Å²) in [5.41, 5.74) is 3.03. The zero-order chi connectivity index (χ0) is 17.2. The van der Waals surface area contributed by atoms with Gasteiger partial charge in [0.25, 0.3) is 5.91 Å². The van der Waals surface area contributed by atoms with Crippen LogP contribution in [-0.4, -0.2) is 23.9 Å². The highest BCUT2D eigenvalue weighted by Crippen LogP contribution is 2.17. The maximum Gasteiger partial charge on any atom is 0.267 e. The van der Waals surface area contributed by atoms with Crippen LogP contribution in [0.1, 0.15) is 44.2 Å². The first-order valence-corrected chi connectivity index (χ1v) is 8.26. The van der Waals surface area contributed by atoms with Gasteiger partial charge >= 0.3 is 0 Å². The van der Waals surface area contributed by atoms with Crippen molar-refractivity contribution in [1.82, 2.24) is 4.90 Å². The fourth-order valence-electron chi connectivity index (χ4n) is 2.35. The number of nitrogens with zero attached hydrogens (tertiary/aromatic N) is 2. The average Bonchev–Trinajstić information content (AvgIpc) is 2.52. The first-order valence-electron chi connectivity index (χ1n) is 8.26. The number of amides is 1. The molecule has 1 rings (SSSR count). The second kappa shape index (κ2) is 9.68. The van der Waals surface area contributed by atoms with Crippen LogP contribution in [0.3, 0.4) is 0 Å². The topological polar surface area (TPSA) is 56.1 Å². The Bertz CT molecular complexity index is 599. The van der Waals surface area contributed by atoms with Gasteiger partial charge < -0.3 is 10.2 Å². The van der Waals surface area contributed by atoms with Gasteiger partial charge in [-0.2, -0.15) is 5.26 Å². The number of aryl methyl sites for hydroxylation is 2. The Morgan fingerprint density at radius 3 is 2.57 bits per heavy atom. The Morgan fingerprint density at radius 2 is 2.00 bits per heavy atom. The molecular weight excluding hydrogens is 286 g/mol. The molecule has 0 heterocycles. The van der Waals surface area contributed by atoms with Crippen LogP contribution in [0, 0.1) is 25.2 Å². The molecule has 0 fully saturated rings. The minimum absolute atomic E-state index is 0.148. The van der Waals surface area contributed by atoms with Gasteiger partial charge in [-0.25, -0.2) is 0 Å². The van der Waals surface area contributed by atoms with Gasteiger partial charge in [-0.1, -0.05) is 38.0 Å². The molecule has 0 unspecified atom stereocenters. The van der Waals surface area contributed by atoms with E-state index in [1.54, 1.807) is 6.20 Å². The molecule has 1 aromatic carbocycles. The first kappa shape index (κ1) is 18.8. The normalized spacial score (nSPS) is 11.0. The molecule has 0 spiro atoms. The van der Waals surface area contributed by atoms with Crippen molar-refractivity contribution in [3.63, 3.8) is 0 Å². The van der Waals surface area contributed by atoms with Crippen LogP contribution >= 0.6 is 0 Å². The summed E-state index contributed by atoms with van der Waals surface area (Å²) in [6.07, 6.45) is 4.81. The van der Waals surface area contributed by atoms with E-state index in [1.165, 1.54) is 0 Å². The predicted octanol–water partition coefficient (Wildman–Crippen LogP) is 4.16. The van der Waals surface area contributed by atoms with Crippen LogP contribution in [0.25, 0.3) is 0 Å². The van der Waals surface area contributed by atoms with Crippen LogP contribution < -0.4 is 5.32 Å². The van der Waals surface area contributed by atoms with E-state index in [0.29, 0.717) is 0 Å². The molecule has 0 saturated carbocycles. The second-order valence-corrected chi connectivity index (χ2v) is 5.82. The molecule has 23 heavy (non-hydrogen) atoms. The molecule has 0 aliphatic carbocycles. The maximum absolute atomic E-state index is 12.4. The lowest BCUT2D eigenvalue weighted by atomic mass is 10.1. The number of carbonyl (C=O) groups is 1. The number of nitriles is 1. The fraction of sp³-hybridized carbons (Fsp3) is 0.474. The van der Waals surface area contributed by atoms with Gasteiger partial charge in [0.05, 0.1) is 0 Å². The molecule has 4 nitrogen and oxygen atoms in total. The van der Waals surface area contributed by atoms with Crippen molar-refractivity contribution in [2.45, 2.75) is 47.0 Å². The Kier molecular flexibility index (Phi) is 7.90. The molecule has 0 atom stereocenters. The number of anilines is 1. The van der Waals surface area contributed by atoms with Gasteiger partial charge in [-0.15, -0.1) is 0 Å². The van der Waals surface area contributed by atoms with E-state index in [9.17, 15) is 10.1 Å². The van der Waals surface area contributed by atoms with Gasteiger partial charge in [0, 0.05) is 25.0 Å². The minimum atomic E-state index is -0.350. The minimum Gasteiger partial charge on any atom is -0.376 e. The van der Waals surface area contributed by atoms with Crippen LogP contribution in [0.15, 0.2) is 30.0 Å². The molecule has 1 N–H and O–H groups in total. The zero-order valence-corrected chi connectivity index (χ0v) is 14.6. The number of unbranched alkanes of at least 4 members (excludes halogenated alkanes) is 1. The highest BCUT2D eigenvalue weighted by atomic mass is 16.1. The smallest absolute Gasteiger partial charge is 0.267 e. The highest BCUT2D eigenvalue weighted by Gasteiger charge is 2.12. The van der Waals surface area contributed by atoms with Gasteiger partial charge in [-0.05, 0) is 38.3 Å². The lowest BCUT2D eigenvalue weighted by Gasteiger charge is -2.20. The van der Waals surface area contributed by atoms with E-state index in [0.717, 1.165) is 49.2 Å². The first-order chi connectivity index (χ1) is 11.0. The highest BCUT2D eigenvalue weighted by molar-refractivity contribution is 6.06. The van der Waals surface area contributed by atoms with Crippen molar-refractivity contribution in [3.8, 4) is 6.07 Å². The van der Waals surface area contributed by atoms with Crippen molar-refractivity contribution >= 4 is 11.6 Å². The molecule has 124 valence electrons. The molecule has 1 aromatic rings. The third kappa shape index (κ3) is 6.15. The monoisotopic (exact) mass is 313 g/mol. The Labute approximate surface area is 139 Å². The molecular formula is C19H27N3O. The standard InChI is InChI=1S/C19H27N3O/c1-5-7-11-22(10-6-2)14-17(13-20)19(23)21-18-9-8-15(3)12-16(18)4/h8-9,12,14H,5-7,10-11H2,1-4H3,(H,21,23)/b17-14-. The van der Waals surface area contributed by atoms with Crippen LogP contribution in [0.2, 0.25) is 0 Å². The molecule has 0 aliphatic heterocycles. The third-order valence-corrected chi connectivity index (χ3v) is 3.62. The Morgan fingerprint density at radius 1 is 1.26 bits per heavy atom. The molecule has 0 radical (unpaired) electrons. The molecule has 0 aromatic heterocycles. The van der Waals surface area contributed by atoms with Crippen molar-refractivity contribution in [2.75, 3.05) is 18.4 Å². The third-order valence-electron chi connectivity index (χ3n) is 3.62. The molecule has 0 bridgehead atoms. The Hall–Kier alpha value is -2.28. The quantitative estimate of drug-likeness (QED) is 0.579. The number of nitrogens with one attached hydrogen (secondary N) is 1. The predicted molar refractivity (Wildman–Crippen MR) is 95.0 cm³/mol. The van der Waals surface area contributed by atoms with Crippen LogP contribution in [0.4, 0.5) is 5.69 Å². The van der Waals surface area contributed by atoms with Crippen molar-refractivity contribution in [1.29, 1.82) is 5.26 Å². The van der Waals surface area contributed by atoms with Crippen molar-refractivity contribution in [2.24, 2.45) is 0 Å². The van der Waals surface area contributed by atoms with E-state index >= 15 is 0 Å². The van der Waals surface area contributed by atoms with Crippen molar-refractivity contribution in [3.05, 3.63) is 41.1 Å². The summed E-state index contributed by atoms with van der Waals surface area (Å²) in [6, 6.07) is 7.86. The SMILES string of the molecule is CCCCN(/C=C(/C#N)C(=O)Nc1ccc(C)cc1C)CCC. The van der Waals surface area contributed by atoms with E-state index < -0.39 is 0 Å². The maximum atomic E-state index is 12.4. The molecule has 4 heteroatoms. The molecule has 1 amide bonds. The van der Waals surface area contributed by atoms with E-state index in [1.807, 2.05) is 38.1 Å². The molecule has 0 aliphatic rings. The Balaban J connectivity index is 2.87. The number of carbonyl (C=O) groups excluding carboxylic acids is 1. The summed E-state index contributed by atoms with van der Waals surface area (Å²) >= 11 is 0. The van der Waals surface area contributed by atoms with Gasteiger partial charge in [0.15, 0.2) is 0 Å². The van der Waals surface area contributed by atoms with E-state index in [2.05, 4.69) is 24.1 Å². The second-order valence-electron chi connectivity index (χ2n) is 5.82. The van der Waals surface area contributed by atoms with Crippen LogP contribution in [0.5, 0.6) is 0 Å². The number of rotatable bonds is 8. The summed E-state index contributed by atoms with van der Waals surface area (Å²) in [6.45, 7) is 9.90. The van der Waals surface area contributed by atoms with Gasteiger partial charge in [0.2, 0.25) is 0 Å². The largest absolute Gasteiger partial charge is 0.376 e. The summed E-state index contributed by atoms with van der Waals surface area (Å²) < 4.78 is 0. The lowest BCUT2D eigenvalue weighted by molar-refractivity contribution is -0.112. The van der Waals surface area contributed by atoms with E-state index in [4.69, 9.17) is 0 Å². The number of hydrogen-bond donors (Lipinski definition) is 1. The number of hydrogen-bond acceptors (Lipinski definition) is 3. The van der Waals surface area contributed by atoms with E-state index in [-0.39, 0.29) is 11.5 Å². The van der Waals surface area contributed by atoms with Gasteiger partial charge in [0.1, 0.15) is 11.6 Å². The number of benzene rings is 1. The van der Waals surface area contributed by atoms with Crippen molar-refractivity contribution < 1.29 is 4.79 Å². The summed E-state index contributed by atoms with van der Waals surface area (Å²) in [5.74, 6) is -0.350. The van der Waals surface area contributed by atoms with Gasteiger partial charge in [-0.3, -0.25) is 4.79 Å². The summed E-state index contributed by atoms with van der Waals surface area (Å²) in [5, 5.41) is 12.2. The fourth-order valence-corrected chi connectivity index (χ4v) is 2.35. The van der Waals surface area contributed by atoms with Crippen LogP contribution in [-0.2, 0) is 4.79 Å². The zero-order valence-electron chi connectivity index (χ0n) is 14.6. The molecule has 0 saturated heterocycles. The summed E-state index contributed by atoms with van der Waals surface area (Å²) in [7, 11) is 0. The average molecular weight is 313 g/mol.